The summed E-state index contributed by atoms with van der Waals surface area (Å²) in [4.78, 5) is 17.1. The molecule has 0 radical (unpaired) electrons. The Morgan fingerprint density at radius 3 is 1.47 bits per heavy atom. The SMILES string of the molecule is c1ccc(-c2nc(-n3c4ccc5ccccc5c4c4c5ccccc5ccc43)nc(C3(c4ccccc4)c4ccc5ccccc5c4-c4c3c3ccccc3c3ccccc43)n2)cc1. The summed E-state index contributed by atoms with van der Waals surface area (Å²) in [6, 6.07) is 79.0. The van der Waals surface area contributed by atoms with Gasteiger partial charge in [-0.1, -0.05) is 206 Å². The molecule has 14 rings (SSSR count). The van der Waals surface area contributed by atoms with E-state index in [1.807, 2.05) is 6.07 Å². The molecule has 13 aromatic rings. The Labute approximate surface area is 368 Å². The van der Waals surface area contributed by atoms with Crippen molar-refractivity contribution in [2.75, 3.05) is 0 Å². The van der Waals surface area contributed by atoms with Crippen molar-refractivity contribution in [1.29, 1.82) is 0 Å². The van der Waals surface area contributed by atoms with Crippen LogP contribution >= 0.6 is 0 Å². The molecule has 64 heavy (non-hydrogen) atoms. The molecular formula is C60H36N4. The third-order valence-corrected chi connectivity index (χ3v) is 13.8. The maximum Gasteiger partial charge on any atom is 0.238 e. The van der Waals surface area contributed by atoms with Crippen LogP contribution in [-0.2, 0) is 5.41 Å². The molecule has 0 spiro atoms. The van der Waals surface area contributed by atoms with Gasteiger partial charge in [-0.3, -0.25) is 4.57 Å². The van der Waals surface area contributed by atoms with Gasteiger partial charge in [0.15, 0.2) is 11.6 Å². The van der Waals surface area contributed by atoms with E-state index in [2.05, 4.69) is 217 Å². The smallest absolute Gasteiger partial charge is 0.238 e. The molecule has 0 aliphatic heterocycles. The summed E-state index contributed by atoms with van der Waals surface area (Å²) >= 11 is 0. The van der Waals surface area contributed by atoms with Crippen molar-refractivity contribution in [3.8, 4) is 28.5 Å². The summed E-state index contributed by atoms with van der Waals surface area (Å²) < 4.78 is 2.29. The van der Waals surface area contributed by atoms with Crippen molar-refractivity contribution in [2.45, 2.75) is 5.41 Å². The first-order chi connectivity index (χ1) is 31.8. The van der Waals surface area contributed by atoms with Gasteiger partial charge in [0.25, 0.3) is 0 Å². The van der Waals surface area contributed by atoms with E-state index in [9.17, 15) is 0 Å². The lowest BCUT2D eigenvalue weighted by Gasteiger charge is -2.33. The molecule has 0 fully saturated rings. The first-order valence-electron chi connectivity index (χ1n) is 22.0. The van der Waals surface area contributed by atoms with Crippen LogP contribution in [0.25, 0.3) is 104 Å². The minimum atomic E-state index is -0.959. The summed E-state index contributed by atoms with van der Waals surface area (Å²) in [5.41, 5.74) is 7.95. The lowest BCUT2D eigenvalue weighted by atomic mass is 9.70. The van der Waals surface area contributed by atoms with E-state index < -0.39 is 5.41 Å². The number of aromatic nitrogens is 4. The summed E-state index contributed by atoms with van der Waals surface area (Å²) in [5.74, 6) is 1.87. The van der Waals surface area contributed by atoms with E-state index in [4.69, 9.17) is 15.0 Å². The first-order valence-corrected chi connectivity index (χ1v) is 22.0. The highest BCUT2D eigenvalue weighted by Crippen LogP contribution is 2.61. The van der Waals surface area contributed by atoms with Gasteiger partial charge < -0.3 is 0 Å². The first kappa shape index (κ1) is 35.2. The van der Waals surface area contributed by atoms with Crippen molar-refractivity contribution in [1.82, 2.24) is 19.5 Å². The third kappa shape index (κ3) is 4.69. The Morgan fingerprint density at radius 2 is 0.828 bits per heavy atom. The van der Waals surface area contributed by atoms with E-state index >= 15 is 0 Å². The van der Waals surface area contributed by atoms with Gasteiger partial charge in [0.1, 0.15) is 5.41 Å². The molecule has 2 aromatic heterocycles. The molecular weight excluding hydrogens is 777 g/mol. The van der Waals surface area contributed by atoms with Crippen LogP contribution in [0, 0.1) is 0 Å². The molecule has 1 unspecified atom stereocenters. The molecule has 11 aromatic carbocycles. The third-order valence-electron chi connectivity index (χ3n) is 13.8. The van der Waals surface area contributed by atoms with E-state index in [1.165, 1.54) is 81.3 Å². The highest BCUT2D eigenvalue weighted by atomic mass is 15.2. The average molecular weight is 813 g/mol. The molecule has 296 valence electrons. The fraction of sp³-hybridized carbons (Fsp3) is 0.0167. The Kier molecular flexibility index (Phi) is 7.29. The maximum absolute atomic E-state index is 5.90. The summed E-state index contributed by atoms with van der Waals surface area (Å²) in [6.45, 7) is 0. The zero-order chi connectivity index (χ0) is 41.9. The Morgan fingerprint density at radius 1 is 0.344 bits per heavy atom. The fourth-order valence-electron chi connectivity index (χ4n) is 11.2. The van der Waals surface area contributed by atoms with E-state index in [1.54, 1.807) is 0 Å². The van der Waals surface area contributed by atoms with Crippen LogP contribution in [0.1, 0.15) is 22.5 Å². The number of benzene rings is 11. The van der Waals surface area contributed by atoms with Crippen LogP contribution in [0.5, 0.6) is 0 Å². The summed E-state index contributed by atoms with van der Waals surface area (Å²) in [5, 5.41) is 14.4. The normalized spacial score (nSPS) is 14.6. The zero-order valence-corrected chi connectivity index (χ0v) is 34.6. The highest BCUT2D eigenvalue weighted by molar-refractivity contribution is 6.28. The topological polar surface area (TPSA) is 43.6 Å². The van der Waals surface area contributed by atoms with Gasteiger partial charge in [-0.2, -0.15) is 9.97 Å². The second-order valence-electron chi connectivity index (χ2n) is 17.0. The molecule has 1 aliphatic carbocycles. The molecule has 1 aliphatic rings. The minimum absolute atomic E-state index is 0.575. The van der Waals surface area contributed by atoms with Crippen LogP contribution < -0.4 is 0 Å². The molecule has 0 bridgehead atoms. The summed E-state index contributed by atoms with van der Waals surface area (Å²) in [7, 11) is 0. The maximum atomic E-state index is 5.90. The monoisotopic (exact) mass is 812 g/mol. The molecule has 1 atom stereocenters. The molecule has 0 saturated carbocycles. The van der Waals surface area contributed by atoms with Crippen molar-refractivity contribution < 1.29 is 0 Å². The van der Waals surface area contributed by atoms with Gasteiger partial charge >= 0.3 is 0 Å². The molecule has 0 N–H and O–H groups in total. The predicted octanol–water partition coefficient (Wildman–Crippen LogP) is 14.8. The van der Waals surface area contributed by atoms with E-state index in [-0.39, 0.29) is 0 Å². The Bertz CT molecular complexity index is 3980. The molecule has 4 nitrogen and oxygen atoms in total. The number of fused-ring (bicyclic) bond motifs is 17. The van der Waals surface area contributed by atoms with Crippen LogP contribution in [0.3, 0.4) is 0 Å². The van der Waals surface area contributed by atoms with Gasteiger partial charge in [0.05, 0.1) is 11.0 Å². The molecule has 4 heteroatoms. The average Bonchev–Trinajstić information content (AvgIpc) is 3.90. The van der Waals surface area contributed by atoms with E-state index in [0.717, 1.165) is 27.7 Å². The molecule has 0 amide bonds. The van der Waals surface area contributed by atoms with Crippen LogP contribution in [0.2, 0.25) is 0 Å². The van der Waals surface area contributed by atoms with Crippen LogP contribution in [-0.4, -0.2) is 19.5 Å². The second-order valence-corrected chi connectivity index (χ2v) is 17.0. The second kappa shape index (κ2) is 13.3. The van der Waals surface area contributed by atoms with Gasteiger partial charge in [0, 0.05) is 16.3 Å². The highest BCUT2D eigenvalue weighted by Gasteiger charge is 2.51. The number of rotatable bonds is 4. The van der Waals surface area contributed by atoms with Crippen LogP contribution in [0.15, 0.2) is 218 Å². The van der Waals surface area contributed by atoms with Crippen molar-refractivity contribution in [2.24, 2.45) is 0 Å². The Hall–Kier alpha value is -8.47. The quantitative estimate of drug-likeness (QED) is 0.166. The molecule has 2 heterocycles. The van der Waals surface area contributed by atoms with Crippen molar-refractivity contribution >= 4 is 75.7 Å². The Balaban J connectivity index is 1.21. The van der Waals surface area contributed by atoms with E-state index in [0.29, 0.717) is 17.6 Å². The van der Waals surface area contributed by atoms with Crippen molar-refractivity contribution in [3.63, 3.8) is 0 Å². The van der Waals surface area contributed by atoms with Gasteiger partial charge in [-0.15, -0.1) is 0 Å². The fourth-order valence-corrected chi connectivity index (χ4v) is 11.2. The zero-order valence-electron chi connectivity index (χ0n) is 34.6. The number of nitrogens with zero attached hydrogens (tertiary/aromatic N) is 4. The van der Waals surface area contributed by atoms with Gasteiger partial charge in [-0.05, 0) is 93.8 Å². The predicted molar refractivity (Wildman–Crippen MR) is 264 cm³/mol. The number of hydrogen-bond donors (Lipinski definition) is 0. The van der Waals surface area contributed by atoms with Crippen LogP contribution in [0.4, 0.5) is 0 Å². The number of hydrogen-bond acceptors (Lipinski definition) is 3. The lowest BCUT2D eigenvalue weighted by molar-refractivity contribution is 0.688. The lowest BCUT2D eigenvalue weighted by Crippen LogP contribution is -2.32. The minimum Gasteiger partial charge on any atom is -0.278 e. The largest absolute Gasteiger partial charge is 0.278 e. The van der Waals surface area contributed by atoms with Crippen molar-refractivity contribution in [3.05, 3.63) is 241 Å². The molecule has 0 saturated heterocycles. The summed E-state index contributed by atoms with van der Waals surface area (Å²) in [6.07, 6.45) is 0. The van der Waals surface area contributed by atoms with Gasteiger partial charge in [-0.25, -0.2) is 4.98 Å². The standard InChI is InChI=1S/C60H36N4/c1-3-20-40(21-4-1)57-61-58(63-59(62-57)64-50-35-32-38-18-8-11-25-43(38)53(50)54-44-26-12-9-19-39(44)33-36-51(54)64)60(41-22-5-2-6-23-41)49-34-31-37-17-7-10-24-42(37)52(49)55-47-29-15-13-27-45(47)46-28-14-16-30-48(46)56(55)60/h1-36H. The van der Waals surface area contributed by atoms with Gasteiger partial charge in [0.2, 0.25) is 5.95 Å².